The summed E-state index contributed by atoms with van der Waals surface area (Å²) in [5.74, 6) is 0.439. The lowest BCUT2D eigenvalue weighted by atomic mass is 10.0. The van der Waals surface area contributed by atoms with Gasteiger partial charge in [-0.2, -0.15) is 9.29 Å². The molecule has 0 spiro atoms. The van der Waals surface area contributed by atoms with E-state index < -0.39 is 21.9 Å². The van der Waals surface area contributed by atoms with Gasteiger partial charge in [-0.05, 0) is 37.7 Å². The van der Waals surface area contributed by atoms with Crippen molar-refractivity contribution < 1.29 is 22.1 Å². The molecule has 152 valence electrons. The number of ether oxygens (including phenoxy) is 1. The second-order valence-corrected chi connectivity index (χ2v) is 9.40. The monoisotopic (exact) mass is 409 g/mol. The molecule has 1 aromatic heterocycles. The molecule has 0 bridgehead atoms. The van der Waals surface area contributed by atoms with Crippen LogP contribution in [-0.4, -0.2) is 36.0 Å². The molecule has 2 aromatic rings. The zero-order valence-corrected chi connectivity index (χ0v) is 16.4. The lowest BCUT2D eigenvalue weighted by Crippen LogP contribution is -2.39. The Morgan fingerprint density at radius 2 is 2.04 bits per heavy atom. The van der Waals surface area contributed by atoms with Crippen molar-refractivity contribution in [2.45, 2.75) is 50.5 Å². The van der Waals surface area contributed by atoms with Crippen molar-refractivity contribution in [1.82, 2.24) is 14.4 Å². The molecular weight excluding hydrogens is 385 g/mol. The molecule has 0 N–H and O–H groups in total. The first-order valence-corrected chi connectivity index (χ1v) is 11.3. The van der Waals surface area contributed by atoms with Gasteiger partial charge in [0.1, 0.15) is 12.4 Å². The molecule has 9 heteroatoms. The van der Waals surface area contributed by atoms with Crippen LogP contribution in [0, 0.1) is 11.7 Å². The molecule has 1 aliphatic heterocycles. The van der Waals surface area contributed by atoms with Crippen molar-refractivity contribution in [3.63, 3.8) is 0 Å². The molecule has 7 nitrogen and oxygen atoms in total. The number of hydrogen-bond acceptors (Lipinski definition) is 6. The first kappa shape index (κ1) is 19.5. The summed E-state index contributed by atoms with van der Waals surface area (Å²) in [5.41, 5.74) is 0.161. The fourth-order valence-electron chi connectivity index (χ4n) is 3.45. The van der Waals surface area contributed by atoms with Crippen LogP contribution in [0.25, 0.3) is 0 Å². The third-order valence-corrected chi connectivity index (χ3v) is 6.99. The average Bonchev–Trinajstić information content (AvgIpc) is 3.39. The molecule has 2 aliphatic rings. The summed E-state index contributed by atoms with van der Waals surface area (Å²) in [6, 6.07) is 5.45. The standard InChI is InChI=1S/C19H24FN3O4S/c20-16-6-2-1-5-15(16)13-28(24,25)23-10-4-3-7-17(23)19-21-18(27-22-19)12-26-11-14-8-9-14/h1-2,5-6,14,17H,3-4,7-13H2. The molecule has 2 fully saturated rings. The Morgan fingerprint density at radius 1 is 1.21 bits per heavy atom. The lowest BCUT2D eigenvalue weighted by molar-refractivity contribution is 0.0894. The quantitative estimate of drug-likeness (QED) is 0.666. The van der Waals surface area contributed by atoms with Crippen LogP contribution in [0.3, 0.4) is 0 Å². The highest BCUT2D eigenvalue weighted by Gasteiger charge is 2.36. The van der Waals surface area contributed by atoms with Crippen molar-refractivity contribution in [1.29, 1.82) is 0 Å². The first-order valence-electron chi connectivity index (χ1n) is 9.66. The van der Waals surface area contributed by atoms with Crippen LogP contribution in [0.15, 0.2) is 28.8 Å². The third-order valence-electron chi connectivity index (χ3n) is 5.16. The van der Waals surface area contributed by atoms with Gasteiger partial charge in [0.15, 0.2) is 5.82 Å². The molecule has 1 unspecified atom stereocenters. The summed E-state index contributed by atoms with van der Waals surface area (Å²) in [4.78, 5) is 4.36. The summed E-state index contributed by atoms with van der Waals surface area (Å²) >= 11 is 0. The number of rotatable bonds is 8. The van der Waals surface area contributed by atoms with Crippen LogP contribution < -0.4 is 0 Å². The minimum Gasteiger partial charge on any atom is -0.371 e. The van der Waals surface area contributed by atoms with E-state index in [2.05, 4.69) is 10.1 Å². The van der Waals surface area contributed by atoms with Gasteiger partial charge in [-0.15, -0.1) is 0 Å². The van der Waals surface area contributed by atoms with Gasteiger partial charge in [0.2, 0.25) is 10.0 Å². The smallest absolute Gasteiger partial charge is 0.252 e. The summed E-state index contributed by atoms with van der Waals surface area (Å²) in [7, 11) is -3.73. The number of nitrogens with zero attached hydrogens (tertiary/aromatic N) is 3. The largest absolute Gasteiger partial charge is 0.371 e. The van der Waals surface area contributed by atoms with Gasteiger partial charge >= 0.3 is 0 Å². The van der Waals surface area contributed by atoms with E-state index in [0.717, 1.165) is 12.8 Å². The average molecular weight is 409 g/mol. The molecule has 1 aromatic carbocycles. The van der Waals surface area contributed by atoms with Crippen LogP contribution >= 0.6 is 0 Å². The Hall–Kier alpha value is -1.84. The zero-order valence-electron chi connectivity index (χ0n) is 15.6. The maximum Gasteiger partial charge on any atom is 0.252 e. The summed E-state index contributed by atoms with van der Waals surface area (Å²) in [6.45, 7) is 1.28. The van der Waals surface area contributed by atoms with Gasteiger partial charge < -0.3 is 9.26 Å². The van der Waals surface area contributed by atoms with Crippen molar-refractivity contribution in [2.75, 3.05) is 13.2 Å². The first-order chi connectivity index (χ1) is 13.5. The van der Waals surface area contributed by atoms with Gasteiger partial charge in [0.25, 0.3) is 5.89 Å². The molecule has 1 saturated heterocycles. The fraction of sp³-hybridized carbons (Fsp3) is 0.579. The van der Waals surface area contributed by atoms with E-state index in [4.69, 9.17) is 9.26 Å². The van der Waals surface area contributed by atoms with Crippen molar-refractivity contribution in [2.24, 2.45) is 5.92 Å². The highest BCUT2D eigenvalue weighted by atomic mass is 32.2. The van der Waals surface area contributed by atoms with Gasteiger partial charge in [-0.1, -0.05) is 29.8 Å². The maximum absolute atomic E-state index is 14.0. The summed E-state index contributed by atoms with van der Waals surface area (Å²) < 4.78 is 52.2. The van der Waals surface area contributed by atoms with Gasteiger partial charge in [-0.3, -0.25) is 0 Å². The van der Waals surface area contributed by atoms with E-state index in [1.54, 1.807) is 12.1 Å². The van der Waals surface area contributed by atoms with Crippen molar-refractivity contribution in [3.8, 4) is 0 Å². The molecule has 1 saturated carbocycles. The highest BCUT2D eigenvalue weighted by molar-refractivity contribution is 7.88. The number of hydrogen-bond donors (Lipinski definition) is 0. The zero-order chi connectivity index (χ0) is 19.6. The van der Waals surface area contributed by atoms with Crippen LogP contribution in [0.5, 0.6) is 0 Å². The Kier molecular flexibility index (Phi) is 5.75. The molecule has 28 heavy (non-hydrogen) atoms. The molecule has 4 rings (SSSR count). The SMILES string of the molecule is O=S(=O)(Cc1ccccc1F)N1CCCCC1c1noc(COCC2CC2)n1. The molecule has 2 heterocycles. The van der Waals surface area contributed by atoms with E-state index >= 15 is 0 Å². The Labute approximate surface area is 163 Å². The number of benzene rings is 1. The Balaban J connectivity index is 1.47. The van der Waals surface area contributed by atoms with E-state index in [1.165, 1.54) is 29.3 Å². The highest BCUT2D eigenvalue weighted by Crippen LogP contribution is 2.33. The second kappa shape index (κ2) is 8.26. The molecule has 1 aliphatic carbocycles. The minimum absolute atomic E-state index is 0.161. The Bertz CT molecular complexity index is 913. The lowest BCUT2D eigenvalue weighted by Gasteiger charge is -2.32. The number of piperidine rings is 1. The molecule has 0 radical (unpaired) electrons. The van der Waals surface area contributed by atoms with Gasteiger partial charge in [-0.25, -0.2) is 12.8 Å². The third kappa shape index (κ3) is 4.59. The van der Waals surface area contributed by atoms with Gasteiger partial charge in [0, 0.05) is 12.1 Å². The van der Waals surface area contributed by atoms with Crippen LogP contribution in [0.2, 0.25) is 0 Å². The van der Waals surface area contributed by atoms with Crippen LogP contribution in [-0.2, 0) is 27.1 Å². The summed E-state index contributed by atoms with van der Waals surface area (Å²) in [5, 5.41) is 4.00. The van der Waals surface area contributed by atoms with Crippen LogP contribution in [0.4, 0.5) is 4.39 Å². The molecule has 1 atom stereocenters. The predicted molar refractivity (Wildman–Crippen MR) is 99.0 cm³/mol. The fourth-order valence-corrected chi connectivity index (χ4v) is 5.24. The van der Waals surface area contributed by atoms with Gasteiger partial charge in [0.05, 0.1) is 18.4 Å². The number of halogens is 1. The van der Waals surface area contributed by atoms with E-state index in [0.29, 0.717) is 37.2 Å². The Morgan fingerprint density at radius 3 is 2.82 bits per heavy atom. The number of aromatic nitrogens is 2. The van der Waals surface area contributed by atoms with E-state index in [1.807, 2.05) is 0 Å². The number of sulfonamides is 1. The summed E-state index contributed by atoms with van der Waals surface area (Å²) in [6.07, 6.45) is 4.64. The predicted octanol–water partition coefficient (Wildman–Crippen LogP) is 3.19. The minimum atomic E-state index is -3.73. The topological polar surface area (TPSA) is 85.5 Å². The molecule has 0 amide bonds. The second-order valence-electron chi connectivity index (χ2n) is 7.47. The van der Waals surface area contributed by atoms with E-state index in [9.17, 15) is 12.8 Å². The van der Waals surface area contributed by atoms with E-state index in [-0.39, 0.29) is 17.9 Å². The maximum atomic E-state index is 14.0. The van der Waals surface area contributed by atoms with Crippen molar-refractivity contribution >= 4 is 10.0 Å². The van der Waals surface area contributed by atoms with Crippen molar-refractivity contribution in [3.05, 3.63) is 47.4 Å². The normalized spacial score (nSPS) is 21.1. The molecular formula is C19H24FN3O4S. The van der Waals surface area contributed by atoms with Crippen LogP contribution in [0.1, 0.15) is 55.4 Å².